The summed E-state index contributed by atoms with van der Waals surface area (Å²) in [5.41, 5.74) is -0.806. The molecule has 1 aromatic rings. The number of hydrogen-bond acceptors (Lipinski definition) is 4. The lowest BCUT2D eigenvalue weighted by atomic mass is 10.2. The van der Waals surface area contributed by atoms with Crippen LogP contribution in [0.25, 0.3) is 0 Å². The van der Waals surface area contributed by atoms with Crippen LogP contribution in [-0.4, -0.2) is 38.9 Å². The van der Waals surface area contributed by atoms with Crippen LogP contribution in [0.4, 0.5) is 5.82 Å². The van der Waals surface area contributed by atoms with E-state index in [2.05, 4.69) is 10.3 Å². The number of halogens is 2. The summed E-state index contributed by atoms with van der Waals surface area (Å²) in [5, 5.41) is 2.96. The Balaban J connectivity index is 1.57. The summed E-state index contributed by atoms with van der Waals surface area (Å²) in [4.78, 5) is 39.9. The standard InChI is InChI=1S/C14H18Cl2N4O3/c1-19-12(22)5-10(18-13(19)23)20-3-2-9(7-20)17-11(21)4-8-6-14(8,15)16/h5,8-9H,2-4,6-7H2,1H3,(H,17,21)(H,18,23)/t8?,9-/m1/s1. The summed E-state index contributed by atoms with van der Waals surface area (Å²) < 4.78 is 0.266. The molecule has 2 fully saturated rings. The molecule has 2 N–H and O–H groups in total. The number of aromatic nitrogens is 2. The van der Waals surface area contributed by atoms with Crippen LogP contribution < -0.4 is 21.5 Å². The van der Waals surface area contributed by atoms with Crippen molar-refractivity contribution in [2.45, 2.75) is 29.6 Å². The molecule has 1 unspecified atom stereocenters. The van der Waals surface area contributed by atoms with E-state index >= 15 is 0 Å². The predicted octanol–water partition coefficient (Wildman–Crippen LogP) is 0.352. The molecule has 7 nitrogen and oxygen atoms in total. The van der Waals surface area contributed by atoms with Crippen molar-refractivity contribution in [2.24, 2.45) is 13.0 Å². The second-order valence-corrected chi connectivity index (χ2v) is 7.76. The van der Waals surface area contributed by atoms with Crippen molar-refractivity contribution in [3.63, 3.8) is 0 Å². The number of nitrogens with zero attached hydrogens (tertiary/aromatic N) is 2. The molecule has 0 bridgehead atoms. The minimum absolute atomic E-state index is 0.0196. The number of amides is 1. The van der Waals surface area contributed by atoms with E-state index in [1.165, 1.54) is 13.1 Å². The maximum atomic E-state index is 12.0. The molecule has 1 saturated heterocycles. The van der Waals surface area contributed by atoms with E-state index in [1.807, 2.05) is 4.90 Å². The molecule has 3 rings (SSSR count). The van der Waals surface area contributed by atoms with E-state index < -0.39 is 10.0 Å². The van der Waals surface area contributed by atoms with E-state index in [0.29, 0.717) is 31.7 Å². The number of alkyl halides is 2. The third-order valence-corrected chi connectivity index (χ3v) is 5.34. The molecule has 2 atom stereocenters. The van der Waals surface area contributed by atoms with Gasteiger partial charge in [-0.3, -0.25) is 19.1 Å². The highest BCUT2D eigenvalue weighted by Crippen LogP contribution is 2.54. The third kappa shape index (κ3) is 3.55. The highest BCUT2D eigenvalue weighted by molar-refractivity contribution is 6.51. The van der Waals surface area contributed by atoms with E-state index in [0.717, 1.165) is 11.0 Å². The van der Waals surface area contributed by atoms with Crippen LogP contribution in [0.1, 0.15) is 19.3 Å². The van der Waals surface area contributed by atoms with Crippen molar-refractivity contribution >= 4 is 34.9 Å². The fraction of sp³-hybridized carbons (Fsp3) is 0.643. The molecule has 0 aromatic carbocycles. The Labute approximate surface area is 142 Å². The van der Waals surface area contributed by atoms with Gasteiger partial charge in [0.05, 0.1) is 0 Å². The molecule has 126 valence electrons. The summed E-state index contributed by atoms with van der Waals surface area (Å²) in [6.45, 7) is 1.21. The van der Waals surface area contributed by atoms with Crippen LogP contribution >= 0.6 is 23.2 Å². The zero-order chi connectivity index (χ0) is 16.8. The van der Waals surface area contributed by atoms with Crippen molar-refractivity contribution < 1.29 is 4.79 Å². The van der Waals surface area contributed by atoms with Crippen molar-refractivity contribution in [2.75, 3.05) is 18.0 Å². The number of H-pyrrole nitrogens is 1. The van der Waals surface area contributed by atoms with E-state index in [-0.39, 0.29) is 23.4 Å². The number of anilines is 1. The number of carbonyl (C=O) groups is 1. The molecule has 0 spiro atoms. The maximum absolute atomic E-state index is 12.0. The Morgan fingerprint density at radius 2 is 2.17 bits per heavy atom. The van der Waals surface area contributed by atoms with Crippen molar-refractivity contribution in [3.8, 4) is 0 Å². The molecule has 1 saturated carbocycles. The average molecular weight is 361 g/mol. The van der Waals surface area contributed by atoms with Crippen LogP contribution in [-0.2, 0) is 11.8 Å². The second-order valence-electron chi connectivity index (χ2n) is 6.22. The average Bonchev–Trinajstić information content (AvgIpc) is 2.86. The fourth-order valence-corrected chi connectivity index (χ4v) is 3.34. The van der Waals surface area contributed by atoms with E-state index in [1.54, 1.807) is 0 Å². The van der Waals surface area contributed by atoms with Gasteiger partial charge in [0.1, 0.15) is 10.2 Å². The predicted molar refractivity (Wildman–Crippen MR) is 88.2 cm³/mol. The lowest BCUT2D eigenvalue weighted by Crippen LogP contribution is -2.39. The Bertz CT molecular complexity index is 711. The molecule has 1 amide bonds. The first kappa shape index (κ1) is 16.4. The smallest absolute Gasteiger partial charge is 0.329 e. The molecule has 2 aliphatic rings. The largest absolute Gasteiger partial charge is 0.356 e. The van der Waals surface area contributed by atoms with Gasteiger partial charge in [-0.1, -0.05) is 0 Å². The van der Waals surface area contributed by atoms with Crippen LogP contribution in [0.3, 0.4) is 0 Å². The van der Waals surface area contributed by atoms with Crippen LogP contribution in [0.15, 0.2) is 15.7 Å². The number of aromatic amines is 1. The van der Waals surface area contributed by atoms with Gasteiger partial charge in [-0.25, -0.2) is 4.79 Å². The highest BCUT2D eigenvalue weighted by atomic mass is 35.5. The van der Waals surface area contributed by atoms with Crippen molar-refractivity contribution in [1.82, 2.24) is 14.9 Å². The van der Waals surface area contributed by atoms with Crippen LogP contribution in [0.5, 0.6) is 0 Å². The van der Waals surface area contributed by atoms with Gasteiger partial charge in [0.2, 0.25) is 5.91 Å². The first-order valence-electron chi connectivity index (χ1n) is 7.49. The molecule has 0 radical (unpaired) electrons. The van der Waals surface area contributed by atoms with E-state index in [9.17, 15) is 14.4 Å². The normalized spacial score (nSPS) is 25.4. The molecule has 1 aromatic heterocycles. The lowest BCUT2D eigenvalue weighted by molar-refractivity contribution is -0.122. The first-order valence-corrected chi connectivity index (χ1v) is 8.24. The Morgan fingerprint density at radius 3 is 2.78 bits per heavy atom. The van der Waals surface area contributed by atoms with Crippen LogP contribution in [0.2, 0.25) is 0 Å². The summed E-state index contributed by atoms with van der Waals surface area (Å²) in [6.07, 6.45) is 1.72. The Hall–Kier alpha value is -1.47. The van der Waals surface area contributed by atoms with Gasteiger partial charge in [0.25, 0.3) is 5.56 Å². The quantitative estimate of drug-likeness (QED) is 0.758. The first-order chi connectivity index (χ1) is 10.8. The van der Waals surface area contributed by atoms with Crippen molar-refractivity contribution in [3.05, 3.63) is 26.9 Å². The van der Waals surface area contributed by atoms with Gasteiger partial charge in [0.15, 0.2) is 0 Å². The number of nitrogens with one attached hydrogen (secondary N) is 2. The molecular formula is C14H18Cl2N4O3. The second kappa shape index (κ2) is 5.87. The summed E-state index contributed by atoms with van der Waals surface area (Å²) in [7, 11) is 1.42. The Morgan fingerprint density at radius 1 is 1.48 bits per heavy atom. The minimum atomic E-state index is -0.747. The Kier molecular flexibility index (Phi) is 4.18. The fourth-order valence-electron chi connectivity index (χ4n) is 2.81. The molecule has 1 aliphatic carbocycles. The summed E-state index contributed by atoms with van der Waals surface area (Å²) in [5.74, 6) is 0.442. The van der Waals surface area contributed by atoms with Crippen molar-refractivity contribution in [1.29, 1.82) is 0 Å². The summed E-state index contributed by atoms with van der Waals surface area (Å²) in [6, 6.07) is 1.37. The van der Waals surface area contributed by atoms with Gasteiger partial charge in [-0.2, -0.15) is 0 Å². The van der Waals surface area contributed by atoms with Gasteiger partial charge in [-0.05, 0) is 12.8 Å². The van der Waals surface area contributed by atoms with Gasteiger partial charge < -0.3 is 10.2 Å². The van der Waals surface area contributed by atoms with Gasteiger partial charge >= 0.3 is 5.69 Å². The zero-order valence-corrected chi connectivity index (χ0v) is 14.2. The number of carbonyl (C=O) groups excluding carboxylic acids is 1. The number of hydrogen-bond donors (Lipinski definition) is 2. The zero-order valence-electron chi connectivity index (χ0n) is 12.6. The van der Waals surface area contributed by atoms with Gasteiger partial charge in [0, 0.05) is 44.6 Å². The molecule has 23 heavy (non-hydrogen) atoms. The minimum Gasteiger partial charge on any atom is -0.356 e. The topological polar surface area (TPSA) is 87.2 Å². The lowest BCUT2D eigenvalue weighted by Gasteiger charge is -2.18. The molecular weight excluding hydrogens is 343 g/mol. The molecule has 9 heteroatoms. The summed E-state index contributed by atoms with van der Waals surface area (Å²) >= 11 is 11.9. The number of rotatable bonds is 4. The third-order valence-electron chi connectivity index (χ3n) is 4.41. The SMILES string of the molecule is Cn1c(=O)cc(N2CC[C@@H](NC(=O)CC3CC3(Cl)Cl)C2)[nH]c1=O. The van der Waals surface area contributed by atoms with E-state index in [4.69, 9.17) is 23.2 Å². The molecule has 2 heterocycles. The van der Waals surface area contributed by atoms with Gasteiger partial charge in [-0.15, -0.1) is 23.2 Å². The van der Waals surface area contributed by atoms with Crippen LogP contribution in [0, 0.1) is 5.92 Å². The molecule has 1 aliphatic heterocycles. The maximum Gasteiger partial charge on any atom is 0.329 e. The monoisotopic (exact) mass is 360 g/mol. The highest BCUT2D eigenvalue weighted by Gasteiger charge is 2.52.